The molecule has 1 aromatic carbocycles. The first-order valence-corrected chi connectivity index (χ1v) is 8.96. The fraction of sp³-hybridized carbons (Fsp3) is 0.111. The molecule has 0 saturated carbocycles. The van der Waals surface area contributed by atoms with Crippen LogP contribution in [0.1, 0.15) is 11.1 Å². The average Bonchev–Trinajstić information content (AvgIpc) is 2.61. The van der Waals surface area contributed by atoms with E-state index in [9.17, 15) is 8.42 Å². The summed E-state index contributed by atoms with van der Waals surface area (Å²) in [6.07, 6.45) is 3.37. The molecule has 0 bridgehead atoms. The molecule has 0 aliphatic carbocycles. The third-order valence-electron chi connectivity index (χ3n) is 3.60. The Hall–Kier alpha value is -2.57. The van der Waals surface area contributed by atoms with E-state index in [4.69, 9.17) is 0 Å². The monoisotopic (exact) mass is 339 g/mol. The normalized spacial score (nSPS) is 11.4. The summed E-state index contributed by atoms with van der Waals surface area (Å²) in [5.41, 5.74) is 3.03. The van der Waals surface area contributed by atoms with Crippen LogP contribution in [-0.4, -0.2) is 18.4 Å². The molecule has 122 valence electrons. The maximum atomic E-state index is 12.4. The maximum absolute atomic E-state index is 12.4. The Labute approximate surface area is 141 Å². The van der Waals surface area contributed by atoms with Crippen molar-refractivity contribution in [1.82, 2.24) is 14.7 Å². The molecule has 3 aromatic rings. The summed E-state index contributed by atoms with van der Waals surface area (Å²) in [6, 6.07) is 16.2. The lowest BCUT2D eigenvalue weighted by molar-refractivity contribution is 0.580. The van der Waals surface area contributed by atoms with Gasteiger partial charge in [-0.15, -0.1) is 0 Å². The average molecular weight is 339 g/mol. The molecule has 3 rings (SSSR count). The minimum atomic E-state index is -3.54. The van der Waals surface area contributed by atoms with Crippen LogP contribution in [0.15, 0.2) is 71.9 Å². The Morgan fingerprint density at radius 3 is 2.33 bits per heavy atom. The lowest BCUT2D eigenvalue weighted by Gasteiger charge is -2.09. The van der Waals surface area contributed by atoms with Gasteiger partial charge in [0.25, 0.3) is 0 Å². The molecule has 0 aliphatic heterocycles. The van der Waals surface area contributed by atoms with Gasteiger partial charge >= 0.3 is 0 Å². The molecule has 24 heavy (non-hydrogen) atoms. The Kier molecular flexibility index (Phi) is 4.69. The predicted octanol–water partition coefficient (Wildman–Crippen LogP) is 2.93. The summed E-state index contributed by atoms with van der Waals surface area (Å²) in [5.74, 6) is 0. The quantitative estimate of drug-likeness (QED) is 0.776. The van der Waals surface area contributed by atoms with E-state index >= 15 is 0 Å². The van der Waals surface area contributed by atoms with Gasteiger partial charge < -0.3 is 0 Å². The summed E-state index contributed by atoms with van der Waals surface area (Å²) in [7, 11) is -3.54. The molecule has 0 spiro atoms. The molecule has 0 unspecified atom stereocenters. The van der Waals surface area contributed by atoms with E-state index in [-0.39, 0.29) is 6.54 Å². The molecule has 6 heteroatoms. The van der Waals surface area contributed by atoms with Crippen LogP contribution in [0.3, 0.4) is 0 Å². The van der Waals surface area contributed by atoms with Crippen molar-refractivity contribution in [2.45, 2.75) is 18.4 Å². The highest BCUT2D eigenvalue weighted by Gasteiger charge is 2.15. The van der Waals surface area contributed by atoms with Crippen molar-refractivity contribution >= 4 is 10.0 Å². The summed E-state index contributed by atoms with van der Waals surface area (Å²) in [4.78, 5) is 8.88. The smallest absolute Gasteiger partial charge is 0.241 e. The highest BCUT2D eigenvalue weighted by molar-refractivity contribution is 7.89. The lowest BCUT2D eigenvalue weighted by atomic mass is 10.2. The predicted molar refractivity (Wildman–Crippen MR) is 92.7 cm³/mol. The highest BCUT2D eigenvalue weighted by atomic mass is 32.2. The summed E-state index contributed by atoms with van der Waals surface area (Å²) < 4.78 is 27.4. The van der Waals surface area contributed by atoms with Crippen molar-refractivity contribution < 1.29 is 8.42 Å². The Balaban J connectivity index is 1.72. The van der Waals surface area contributed by atoms with Crippen molar-refractivity contribution in [3.8, 4) is 11.4 Å². The molecule has 0 radical (unpaired) electrons. The van der Waals surface area contributed by atoms with E-state index in [1.165, 1.54) is 0 Å². The van der Waals surface area contributed by atoms with E-state index in [1.54, 1.807) is 37.5 Å². The minimum Gasteiger partial charge on any atom is -0.255 e. The molecule has 2 aromatic heterocycles. The van der Waals surface area contributed by atoms with Crippen LogP contribution in [0, 0.1) is 6.92 Å². The number of hydrogen-bond acceptors (Lipinski definition) is 4. The molecule has 5 nitrogen and oxygen atoms in total. The van der Waals surface area contributed by atoms with Crippen molar-refractivity contribution in [3.63, 3.8) is 0 Å². The van der Waals surface area contributed by atoms with Crippen LogP contribution in [0.4, 0.5) is 0 Å². The molecule has 1 N–H and O–H groups in total. The molecular formula is C18H17N3O2S. The van der Waals surface area contributed by atoms with Crippen LogP contribution in [0.25, 0.3) is 11.4 Å². The molecular weight excluding hydrogens is 322 g/mol. The van der Waals surface area contributed by atoms with Crippen molar-refractivity contribution in [1.29, 1.82) is 0 Å². The number of rotatable bonds is 5. The lowest BCUT2D eigenvalue weighted by Crippen LogP contribution is -2.24. The van der Waals surface area contributed by atoms with E-state index in [0.29, 0.717) is 10.5 Å². The van der Waals surface area contributed by atoms with Gasteiger partial charge in [-0.05, 0) is 42.3 Å². The Morgan fingerprint density at radius 1 is 0.917 bits per heavy atom. The van der Waals surface area contributed by atoms with Gasteiger partial charge in [0.05, 0.1) is 16.3 Å². The van der Waals surface area contributed by atoms with Crippen LogP contribution < -0.4 is 4.72 Å². The van der Waals surface area contributed by atoms with Gasteiger partial charge in [0.1, 0.15) is 0 Å². The first-order chi connectivity index (χ1) is 11.6. The van der Waals surface area contributed by atoms with E-state index in [1.807, 2.05) is 36.4 Å². The molecule has 0 atom stereocenters. The van der Waals surface area contributed by atoms with Gasteiger partial charge in [-0.25, -0.2) is 13.1 Å². The summed E-state index contributed by atoms with van der Waals surface area (Å²) in [6.45, 7) is 1.96. The summed E-state index contributed by atoms with van der Waals surface area (Å²) in [5, 5.41) is 0. The molecule has 0 fully saturated rings. The van der Waals surface area contributed by atoms with E-state index < -0.39 is 10.0 Å². The van der Waals surface area contributed by atoms with Gasteiger partial charge in [-0.1, -0.05) is 30.3 Å². The SMILES string of the molecule is Cc1ccccc1S(=O)(=O)NCc1ccc(-c2ccccn2)nc1. The number of nitrogens with one attached hydrogen (secondary N) is 1. The fourth-order valence-electron chi connectivity index (χ4n) is 2.31. The number of nitrogens with zero attached hydrogens (tertiary/aromatic N) is 2. The molecule has 0 saturated heterocycles. The van der Waals surface area contributed by atoms with E-state index in [2.05, 4.69) is 14.7 Å². The number of benzene rings is 1. The maximum Gasteiger partial charge on any atom is 0.241 e. The zero-order valence-electron chi connectivity index (χ0n) is 13.2. The molecule has 0 aliphatic rings. The van der Waals surface area contributed by atoms with Crippen LogP contribution in [-0.2, 0) is 16.6 Å². The molecule has 2 heterocycles. The summed E-state index contributed by atoms with van der Waals surface area (Å²) >= 11 is 0. The standard InChI is InChI=1S/C18H17N3O2S/c1-14-6-2-3-8-18(14)24(22,23)21-13-15-9-10-17(20-12-15)16-7-4-5-11-19-16/h2-12,21H,13H2,1H3. The van der Waals surface area contributed by atoms with Crippen LogP contribution in [0.5, 0.6) is 0 Å². The second-order valence-electron chi connectivity index (χ2n) is 5.36. The minimum absolute atomic E-state index is 0.187. The van der Waals surface area contributed by atoms with Gasteiger partial charge in [0, 0.05) is 18.9 Å². The highest BCUT2D eigenvalue weighted by Crippen LogP contribution is 2.16. The van der Waals surface area contributed by atoms with Gasteiger partial charge in [-0.2, -0.15) is 0 Å². The van der Waals surface area contributed by atoms with Crippen molar-refractivity contribution in [2.24, 2.45) is 0 Å². The number of hydrogen-bond donors (Lipinski definition) is 1. The Bertz CT molecular complexity index is 924. The number of aryl methyl sites for hydroxylation is 1. The van der Waals surface area contributed by atoms with Crippen molar-refractivity contribution in [3.05, 3.63) is 78.1 Å². The van der Waals surface area contributed by atoms with Gasteiger partial charge in [0.2, 0.25) is 10.0 Å². The molecule has 0 amide bonds. The number of aromatic nitrogens is 2. The first-order valence-electron chi connectivity index (χ1n) is 7.48. The number of pyridine rings is 2. The second-order valence-corrected chi connectivity index (χ2v) is 7.09. The third-order valence-corrected chi connectivity index (χ3v) is 5.16. The zero-order chi connectivity index (χ0) is 17.0. The fourth-order valence-corrected chi connectivity index (χ4v) is 3.57. The van der Waals surface area contributed by atoms with E-state index in [0.717, 1.165) is 17.0 Å². The van der Waals surface area contributed by atoms with Crippen LogP contribution in [0.2, 0.25) is 0 Å². The zero-order valence-corrected chi connectivity index (χ0v) is 14.0. The van der Waals surface area contributed by atoms with Crippen LogP contribution >= 0.6 is 0 Å². The van der Waals surface area contributed by atoms with Crippen molar-refractivity contribution in [2.75, 3.05) is 0 Å². The topological polar surface area (TPSA) is 72.0 Å². The third kappa shape index (κ3) is 3.67. The first kappa shape index (κ1) is 16.3. The second kappa shape index (κ2) is 6.90. The number of sulfonamides is 1. The Morgan fingerprint density at radius 2 is 1.67 bits per heavy atom. The van der Waals surface area contributed by atoms with Gasteiger partial charge in [-0.3, -0.25) is 9.97 Å². The largest absolute Gasteiger partial charge is 0.255 e. The van der Waals surface area contributed by atoms with Gasteiger partial charge in [0.15, 0.2) is 0 Å².